The van der Waals surface area contributed by atoms with Gasteiger partial charge in [-0.05, 0) is 36.5 Å². The van der Waals surface area contributed by atoms with Crippen molar-refractivity contribution in [2.24, 2.45) is 13.0 Å². The molecule has 0 saturated heterocycles. The maximum atomic E-state index is 12.5. The predicted octanol–water partition coefficient (Wildman–Crippen LogP) is 3.65. The molecule has 2 aromatic heterocycles. The van der Waals surface area contributed by atoms with Crippen molar-refractivity contribution in [2.45, 2.75) is 18.6 Å². The Morgan fingerprint density at radius 1 is 1.27 bits per heavy atom. The number of benzene rings is 1. The fourth-order valence-electron chi connectivity index (χ4n) is 3.00. The Kier molecular flexibility index (Phi) is 4.68. The summed E-state index contributed by atoms with van der Waals surface area (Å²) in [5, 5.41) is 1.58. The van der Waals surface area contributed by atoms with Gasteiger partial charge in [0.25, 0.3) is 5.56 Å². The number of hydrogen-bond donors (Lipinski definition) is 0. The topological polar surface area (TPSA) is 57.0 Å². The van der Waals surface area contributed by atoms with Crippen LogP contribution in [-0.2, 0) is 12.8 Å². The van der Waals surface area contributed by atoms with E-state index in [0.717, 1.165) is 28.2 Å². The summed E-state index contributed by atoms with van der Waals surface area (Å²) in [5.41, 5.74) is 1.65. The van der Waals surface area contributed by atoms with E-state index < -0.39 is 0 Å². The Hall–Kier alpha value is -2.34. The number of fused-ring (bicyclic) bond motifs is 1. The molecule has 4 rings (SSSR count). The van der Waals surface area contributed by atoms with Gasteiger partial charge < -0.3 is 9.30 Å². The molecule has 0 bridgehead atoms. The molecule has 5 nitrogen and oxygen atoms in total. The van der Waals surface area contributed by atoms with Crippen LogP contribution in [0.2, 0.25) is 0 Å². The molecular formula is C20H21N3O2S. The molecular weight excluding hydrogens is 346 g/mol. The van der Waals surface area contributed by atoms with Crippen molar-refractivity contribution in [2.75, 3.05) is 12.9 Å². The summed E-state index contributed by atoms with van der Waals surface area (Å²) in [6.07, 6.45) is 8.10. The molecule has 0 aliphatic heterocycles. The third-order valence-electron chi connectivity index (χ3n) is 4.60. The van der Waals surface area contributed by atoms with Crippen LogP contribution in [0.15, 0.2) is 41.5 Å². The Bertz CT molecular complexity index is 1010. The van der Waals surface area contributed by atoms with Crippen molar-refractivity contribution in [1.29, 1.82) is 0 Å². The first-order valence-corrected chi connectivity index (χ1v) is 10.1. The highest BCUT2D eigenvalue weighted by Crippen LogP contribution is 2.35. The molecule has 0 radical (unpaired) electrons. The van der Waals surface area contributed by atoms with Gasteiger partial charge >= 0.3 is 0 Å². The zero-order valence-electron chi connectivity index (χ0n) is 14.9. The minimum absolute atomic E-state index is 0.0109. The summed E-state index contributed by atoms with van der Waals surface area (Å²) in [4.78, 5) is 21.7. The number of nitrogens with zero attached hydrogens (tertiary/aromatic N) is 3. The van der Waals surface area contributed by atoms with E-state index in [9.17, 15) is 4.79 Å². The molecule has 6 heteroatoms. The lowest BCUT2D eigenvalue weighted by Crippen LogP contribution is -2.17. The van der Waals surface area contributed by atoms with Gasteiger partial charge in [0.1, 0.15) is 11.5 Å². The van der Waals surface area contributed by atoms with Crippen LogP contribution in [0.3, 0.4) is 0 Å². The van der Waals surface area contributed by atoms with E-state index in [-0.39, 0.29) is 5.56 Å². The van der Waals surface area contributed by atoms with Gasteiger partial charge in [-0.3, -0.25) is 4.79 Å². The van der Waals surface area contributed by atoms with Crippen LogP contribution >= 0.6 is 11.8 Å². The summed E-state index contributed by atoms with van der Waals surface area (Å²) in [5.74, 6) is 2.83. The van der Waals surface area contributed by atoms with Gasteiger partial charge in [0.15, 0.2) is 5.75 Å². The number of pyridine rings is 1. The standard InChI is InChI=1S/C20H21N3O2S/c1-23-10-16(14-5-3-4-6-15(14)20(23)24)19-17(25-11-13-7-8-13)9-21-18(22-19)12-26-2/h3-6,9-10,13H,7-8,11-12H2,1-2H3. The highest BCUT2D eigenvalue weighted by Gasteiger charge is 2.23. The van der Waals surface area contributed by atoms with Crippen LogP contribution in [0.4, 0.5) is 0 Å². The van der Waals surface area contributed by atoms with Crippen LogP contribution in [0, 0.1) is 5.92 Å². The van der Waals surface area contributed by atoms with Crippen molar-refractivity contribution in [3.05, 3.63) is 52.8 Å². The van der Waals surface area contributed by atoms with Gasteiger partial charge in [-0.2, -0.15) is 11.8 Å². The number of aromatic nitrogens is 3. The van der Waals surface area contributed by atoms with E-state index in [4.69, 9.17) is 9.72 Å². The van der Waals surface area contributed by atoms with E-state index in [1.807, 2.05) is 36.7 Å². The first-order valence-electron chi connectivity index (χ1n) is 8.73. The Morgan fingerprint density at radius 2 is 2.04 bits per heavy atom. The molecule has 26 heavy (non-hydrogen) atoms. The number of hydrogen-bond acceptors (Lipinski definition) is 5. The first kappa shape index (κ1) is 17.1. The van der Waals surface area contributed by atoms with Crippen LogP contribution in [0.1, 0.15) is 18.7 Å². The lowest BCUT2D eigenvalue weighted by Gasteiger charge is -2.14. The second kappa shape index (κ2) is 7.11. The Labute approximate surface area is 156 Å². The summed E-state index contributed by atoms with van der Waals surface area (Å²) < 4.78 is 7.66. The molecule has 0 atom stereocenters. The lowest BCUT2D eigenvalue weighted by molar-refractivity contribution is 0.298. The fraction of sp³-hybridized carbons (Fsp3) is 0.350. The number of aryl methyl sites for hydroxylation is 1. The van der Waals surface area contributed by atoms with Crippen LogP contribution in [0.5, 0.6) is 5.75 Å². The molecule has 1 fully saturated rings. The average Bonchev–Trinajstić information content (AvgIpc) is 3.48. The zero-order valence-corrected chi connectivity index (χ0v) is 15.8. The SMILES string of the molecule is CSCc1ncc(OCC2CC2)c(-c2cn(C)c(=O)c3ccccc23)n1. The van der Waals surface area contributed by atoms with Gasteiger partial charge in [-0.1, -0.05) is 18.2 Å². The second-order valence-corrected chi connectivity index (χ2v) is 7.56. The van der Waals surface area contributed by atoms with Gasteiger partial charge in [0.05, 0.1) is 18.6 Å². The van der Waals surface area contributed by atoms with E-state index >= 15 is 0 Å². The van der Waals surface area contributed by atoms with Crippen molar-refractivity contribution in [1.82, 2.24) is 14.5 Å². The smallest absolute Gasteiger partial charge is 0.258 e. The summed E-state index contributed by atoms with van der Waals surface area (Å²) in [6.45, 7) is 0.696. The lowest BCUT2D eigenvalue weighted by atomic mass is 10.0. The van der Waals surface area contributed by atoms with Gasteiger partial charge in [0, 0.05) is 24.2 Å². The largest absolute Gasteiger partial charge is 0.489 e. The molecule has 1 saturated carbocycles. The molecule has 1 aromatic carbocycles. The number of thioether (sulfide) groups is 1. The van der Waals surface area contributed by atoms with Crippen LogP contribution < -0.4 is 10.3 Å². The minimum Gasteiger partial charge on any atom is -0.489 e. The normalized spacial score (nSPS) is 13.9. The quantitative estimate of drug-likeness (QED) is 0.666. The first-order chi connectivity index (χ1) is 12.7. The molecule has 1 aliphatic rings. The molecule has 0 N–H and O–H groups in total. The number of rotatable bonds is 6. The van der Waals surface area contributed by atoms with Gasteiger partial charge in [-0.15, -0.1) is 0 Å². The third kappa shape index (κ3) is 3.33. The molecule has 1 aliphatic carbocycles. The molecule has 134 valence electrons. The van der Waals surface area contributed by atoms with Crippen molar-refractivity contribution in [3.8, 4) is 17.0 Å². The second-order valence-electron chi connectivity index (χ2n) is 6.69. The Morgan fingerprint density at radius 3 is 2.77 bits per heavy atom. The predicted molar refractivity (Wildman–Crippen MR) is 106 cm³/mol. The van der Waals surface area contributed by atoms with Crippen molar-refractivity contribution in [3.63, 3.8) is 0 Å². The van der Waals surface area contributed by atoms with E-state index in [2.05, 4.69) is 4.98 Å². The van der Waals surface area contributed by atoms with E-state index in [1.54, 1.807) is 29.6 Å². The van der Waals surface area contributed by atoms with Gasteiger partial charge in [0.2, 0.25) is 0 Å². The maximum Gasteiger partial charge on any atom is 0.258 e. The van der Waals surface area contributed by atoms with Crippen molar-refractivity contribution < 1.29 is 4.74 Å². The average molecular weight is 367 g/mol. The highest BCUT2D eigenvalue weighted by molar-refractivity contribution is 7.97. The van der Waals surface area contributed by atoms with Crippen LogP contribution in [0.25, 0.3) is 22.0 Å². The molecule has 0 amide bonds. The van der Waals surface area contributed by atoms with Gasteiger partial charge in [-0.25, -0.2) is 9.97 Å². The van der Waals surface area contributed by atoms with Crippen molar-refractivity contribution >= 4 is 22.5 Å². The fourth-order valence-corrected chi connectivity index (χ4v) is 3.40. The summed E-state index contributed by atoms with van der Waals surface area (Å²) >= 11 is 1.68. The molecule has 3 aromatic rings. The highest BCUT2D eigenvalue weighted by atomic mass is 32.2. The zero-order chi connectivity index (χ0) is 18.1. The van der Waals surface area contributed by atoms with Crippen LogP contribution in [-0.4, -0.2) is 27.4 Å². The molecule has 2 heterocycles. The molecule has 0 spiro atoms. The van der Waals surface area contributed by atoms with E-state index in [1.165, 1.54) is 12.8 Å². The summed E-state index contributed by atoms with van der Waals surface area (Å²) in [7, 11) is 1.77. The number of ether oxygens (including phenoxy) is 1. The summed E-state index contributed by atoms with van der Waals surface area (Å²) in [6, 6.07) is 7.65. The maximum absolute atomic E-state index is 12.5. The molecule has 0 unspecified atom stereocenters. The monoisotopic (exact) mass is 367 g/mol. The Balaban J connectivity index is 1.89. The third-order valence-corrected chi connectivity index (χ3v) is 5.14. The minimum atomic E-state index is -0.0109. The van der Waals surface area contributed by atoms with E-state index in [0.29, 0.717) is 23.7 Å².